The molecule has 1 saturated heterocycles. The Bertz CT molecular complexity index is 687. The predicted octanol–water partition coefficient (Wildman–Crippen LogP) is 2.07. The van der Waals surface area contributed by atoms with Crippen molar-refractivity contribution in [2.24, 2.45) is 0 Å². The third kappa shape index (κ3) is 3.74. The minimum atomic E-state index is -0.814. The van der Waals surface area contributed by atoms with Crippen LogP contribution in [0, 0.1) is 6.92 Å². The highest BCUT2D eigenvalue weighted by molar-refractivity contribution is 5.86. The molecule has 0 atom stereocenters. The van der Waals surface area contributed by atoms with Gasteiger partial charge in [0.15, 0.2) is 0 Å². The lowest BCUT2D eigenvalue weighted by Crippen LogP contribution is -2.46. The Labute approximate surface area is 136 Å². The van der Waals surface area contributed by atoms with E-state index in [1.54, 1.807) is 0 Å². The smallest absolute Gasteiger partial charge is 0.220 e. The molecular formula is C18H24N2O3. The molecule has 0 bridgehead atoms. The third-order valence-corrected chi connectivity index (χ3v) is 4.67. The number of aromatic nitrogens is 1. The van der Waals surface area contributed by atoms with Gasteiger partial charge in [0.05, 0.1) is 5.60 Å². The molecule has 23 heavy (non-hydrogen) atoms. The molecule has 0 radical (unpaired) electrons. The highest BCUT2D eigenvalue weighted by atomic mass is 16.5. The van der Waals surface area contributed by atoms with Crippen molar-refractivity contribution in [3.63, 3.8) is 0 Å². The van der Waals surface area contributed by atoms with Gasteiger partial charge in [0.2, 0.25) is 5.91 Å². The number of para-hydroxylation sites is 1. The van der Waals surface area contributed by atoms with Crippen LogP contribution in [0.5, 0.6) is 0 Å². The first-order chi connectivity index (χ1) is 11.1. The molecule has 1 aliphatic rings. The summed E-state index contributed by atoms with van der Waals surface area (Å²) in [6, 6.07) is 6.19. The Morgan fingerprint density at radius 1 is 1.39 bits per heavy atom. The number of aliphatic hydroxyl groups is 1. The third-order valence-electron chi connectivity index (χ3n) is 4.67. The molecule has 1 fully saturated rings. The van der Waals surface area contributed by atoms with Gasteiger partial charge in [-0.1, -0.05) is 18.2 Å². The summed E-state index contributed by atoms with van der Waals surface area (Å²) in [6.45, 7) is 3.49. The number of carbonyl (C=O) groups is 1. The first-order valence-electron chi connectivity index (χ1n) is 8.20. The molecule has 124 valence electrons. The lowest BCUT2D eigenvalue weighted by atomic mass is 9.94. The second kappa shape index (κ2) is 6.72. The van der Waals surface area contributed by atoms with E-state index < -0.39 is 5.60 Å². The number of aryl methyl sites for hydroxylation is 2. The number of hydrogen-bond donors (Lipinski definition) is 3. The molecule has 1 amide bonds. The van der Waals surface area contributed by atoms with Gasteiger partial charge in [0.25, 0.3) is 0 Å². The molecule has 0 aliphatic carbocycles. The zero-order valence-electron chi connectivity index (χ0n) is 13.5. The monoisotopic (exact) mass is 316 g/mol. The summed E-state index contributed by atoms with van der Waals surface area (Å²) in [7, 11) is 0. The van der Waals surface area contributed by atoms with Crippen LogP contribution in [0.25, 0.3) is 10.9 Å². The fourth-order valence-electron chi connectivity index (χ4n) is 3.10. The molecule has 1 aliphatic heterocycles. The van der Waals surface area contributed by atoms with Crippen LogP contribution >= 0.6 is 0 Å². The summed E-state index contributed by atoms with van der Waals surface area (Å²) in [6.07, 6.45) is 4.26. The van der Waals surface area contributed by atoms with Gasteiger partial charge in [-0.05, 0) is 24.5 Å². The molecule has 5 nitrogen and oxygen atoms in total. The van der Waals surface area contributed by atoms with Gasteiger partial charge in [-0.3, -0.25) is 4.79 Å². The summed E-state index contributed by atoms with van der Waals surface area (Å²) < 4.78 is 5.24. The summed E-state index contributed by atoms with van der Waals surface area (Å²) >= 11 is 0. The molecule has 5 heteroatoms. The van der Waals surface area contributed by atoms with E-state index in [2.05, 4.69) is 29.4 Å². The first-order valence-corrected chi connectivity index (χ1v) is 8.20. The average molecular weight is 316 g/mol. The summed E-state index contributed by atoms with van der Waals surface area (Å²) in [5.74, 6) is -0.0214. The maximum atomic E-state index is 12.1. The number of nitrogens with one attached hydrogen (secondary N) is 2. The van der Waals surface area contributed by atoms with Gasteiger partial charge in [-0.25, -0.2) is 0 Å². The van der Waals surface area contributed by atoms with Gasteiger partial charge >= 0.3 is 0 Å². The standard InChI is InChI=1S/C18H24N2O3/c1-13-3-2-4-15-14(11-19-17(13)15)5-6-16(21)20-12-18(22)7-9-23-10-8-18/h2-4,11,19,22H,5-10,12H2,1H3,(H,20,21). The Balaban J connectivity index is 1.53. The van der Waals surface area contributed by atoms with E-state index in [0.717, 1.165) is 11.1 Å². The van der Waals surface area contributed by atoms with Crippen molar-refractivity contribution < 1.29 is 14.6 Å². The fraction of sp³-hybridized carbons (Fsp3) is 0.500. The molecule has 0 unspecified atom stereocenters. The zero-order valence-corrected chi connectivity index (χ0v) is 13.5. The number of H-pyrrole nitrogens is 1. The van der Waals surface area contributed by atoms with E-state index in [-0.39, 0.29) is 5.91 Å². The number of carbonyl (C=O) groups excluding carboxylic acids is 1. The lowest BCUT2D eigenvalue weighted by molar-refractivity contribution is -0.123. The van der Waals surface area contributed by atoms with Crippen molar-refractivity contribution >= 4 is 16.8 Å². The van der Waals surface area contributed by atoms with Crippen LogP contribution in [0.3, 0.4) is 0 Å². The number of benzene rings is 1. The van der Waals surface area contributed by atoms with Crippen LogP contribution in [-0.4, -0.2) is 41.4 Å². The number of rotatable bonds is 5. The van der Waals surface area contributed by atoms with E-state index in [4.69, 9.17) is 4.74 Å². The second-order valence-electron chi connectivity index (χ2n) is 6.42. The van der Waals surface area contributed by atoms with E-state index in [9.17, 15) is 9.90 Å². The highest BCUT2D eigenvalue weighted by Gasteiger charge is 2.29. The number of hydrogen-bond acceptors (Lipinski definition) is 3. The van der Waals surface area contributed by atoms with Crippen molar-refractivity contribution in [1.82, 2.24) is 10.3 Å². The van der Waals surface area contributed by atoms with Crippen LogP contribution in [0.4, 0.5) is 0 Å². The largest absolute Gasteiger partial charge is 0.388 e. The van der Waals surface area contributed by atoms with Gasteiger partial charge in [-0.2, -0.15) is 0 Å². The van der Waals surface area contributed by atoms with E-state index in [1.807, 2.05) is 12.3 Å². The van der Waals surface area contributed by atoms with Gasteiger partial charge in [0, 0.05) is 56.1 Å². The van der Waals surface area contributed by atoms with Crippen LogP contribution in [0.2, 0.25) is 0 Å². The molecule has 2 aromatic rings. The quantitative estimate of drug-likeness (QED) is 0.790. The number of aromatic amines is 1. The van der Waals surface area contributed by atoms with E-state index in [1.165, 1.54) is 10.9 Å². The molecule has 0 saturated carbocycles. The normalized spacial score (nSPS) is 17.3. The van der Waals surface area contributed by atoms with Crippen molar-refractivity contribution in [3.8, 4) is 0 Å². The zero-order chi connectivity index (χ0) is 16.3. The van der Waals surface area contributed by atoms with Gasteiger partial charge in [-0.15, -0.1) is 0 Å². The average Bonchev–Trinajstić information content (AvgIpc) is 2.96. The number of ether oxygens (including phenoxy) is 1. The number of fused-ring (bicyclic) bond motifs is 1. The van der Waals surface area contributed by atoms with Crippen LogP contribution in [-0.2, 0) is 16.0 Å². The Hall–Kier alpha value is -1.85. The fourth-order valence-corrected chi connectivity index (χ4v) is 3.10. The topological polar surface area (TPSA) is 74.3 Å². The lowest BCUT2D eigenvalue weighted by Gasteiger charge is -2.32. The number of amides is 1. The Morgan fingerprint density at radius 2 is 2.17 bits per heavy atom. The van der Waals surface area contributed by atoms with E-state index >= 15 is 0 Å². The summed E-state index contributed by atoms with van der Waals surface area (Å²) in [4.78, 5) is 15.3. The minimum Gasteiger partial charge on any atom is -0.388 e. The van der Waals surface area contributed by atoms with Crippen LogP contribution in [0.1, 0.15) is 30.4 Å². The highest BCUT2D eigenvalue weighted by Crippen LogP contribution is 2.22. The molecule has 3 N–H and O–H groups in total. The van der Waals surface area contributed by atoms with Crippen molar-refractivity contribution in [1.29, 1.82) is 0 Å². The van der Waals surface area contributed by atoms with Crippen molar-refractivity contribution in [3.05, 3.63) is 35.5 Å². The summed E-state index contributed by atoms with van der Waals surface area (Å²) in [5, 5.41) is 14.4. The van der Waals surface area contributed by atoms with Crippen LogP contribution in [0.15, 0.2) is 24.4 Å². The molecule has 0 spiro atoms. The minimum absolute atomic E-state index is 0.0214. The molecule has 1 aromatic heterocycles. The Morgan fingerprint density at radius 3 is 2.96 bits per heavy atom. The second-order valence-corrected chi connectivity index (χ2v) is 6.42. The SMILES string of the molecule is Cc1cccc2c(CCC(=O)NCC3(O)CCOCC3)c[nH]c12. The summed E-state index contributed by atoms with van der Waals surface area (Å²) in [5.41, 5.74) is 2.69. The van der Waals surface area contributed by atoms with E-state index in [0.29, 0.717) is 45.4 Å². The molecule has 1 aromatic carbocycles. The first kappa shape index (κ1) is 16.0. The molecule has 2 heterocycles. The molecular weight excluding hydrogens is 292 g/mol. The van der Waals surface area contributed by atoms with Gasteiger partial charge < -0.3 is 20.1 Å². The van der Waals surface area contributed by atoms with Crippen molar-refractivity contribution in [2.75, 3.05) is 19.8 Å². The maximum absolute atomic E-state index is 12.1. The van der Waals surface area contributed by atoms with Crippen LogP contribution < -0.4 is 5.32 Å². The van der Waals surface area contributed by atoms with Crippen molar-refractivity contribution in [2.45, 2.75) is 38.2 Å². The maximum Gasteiger partial charge on any atom is 0.220 e. The Kier molecular flexibility index (Phi) is 4.68. The predicted molar refractivity (Wildman–Crippen MR) is 89.4 cm³/mol. The molecule has 3 rings (SSSR count). The van der Waals surface area contributed by atoms with Gasteiger partial charge in [0.1, 0.15) is 0 Å².